The van der Waals surface area contributed by atoms with E-state index in [1.165, 1.54) is 0 Å². The summed E-state index contributed by atoms with van der Waals surface area (Å²) < 4.78 is 5.20. The number of nitrogens with two attached hydrogens (primary N) is 1. The highest BCUT2D eigenvalue weighted by Crippen LogP contribution is 2.34. The SMILES string of the molecule is COc1ccc(-c2cc(-c3cccnc3)nc(SCC(N)=O)c2C#N)cc1. The van der Waals surface area contributed by atoms with E-state index in [1.54, 1.807) is 19.5 Å². The summed E-state index contributed by atoms with van der Waals surface area (Å²) >= 11 is 1.15. The van der Waals surface area contributed by atoms with E-state index >= 15 is 0 Å². The summed E-state index contributed by atoms with van der Waals surface area (Å²) in [5, 5.41) is 10.2. The molecule has 0 fully saturated rings. The van der Waals surface area contributed by atoms with Crippen molar-refractivity contribution in [2.45, 2.75) is 5.03 Å². The van der Waals surface area contributed by atoms with Crippen molar-refractivity contribution in [3.63, 3.8) is 0 Å². The van der Waals surface area contributed by atoms with Gasteiger partial charge in [0.15, 0.2) is 0 Å². The van der Waals surface area contributed by atoms with Gasteiger partial charge in [0.05, 0.1) is 24.1 Å². The minimum absolute atomic E-state index is 0.0419. The van der Waals surface area contributed by atoms with E-state index < -0.39 is 5.91 Å². The van der Waals surface area contributed by atoms with Gasteiger partial charge in [-0.2, -0.15) is 5.26 Å². The van der Waals surface area contributed by atoms with Crippen molar-refractivity contribution in [3.05, 3.63) is 60.4 Å². The Kier molecular flexibility index (Phi) is 5.69. The molecule has 0 aliphatic heterocycles. The molecule has 2 heterocycles. The van der Waals surface area contributed by atoms with E-state index in [0.717, 1.165) is 34.2 Å². The Balaban J connectivity index is 2.18. The maximum absolute atomic E-state index is 11.2. The van der Waals surface area contributed by atoms with Crippen molar-refractivity contribution in [2.24, 2.45) is 5.73 Å². The summed E-state index contributed by atoms with van der Waals surface area (Å²) in [4.78, 5) is 19.9. The number of benzene rings is 1. The summed E-state index contributed by atoms with van der Waals surface area (Å²) in [5.74, 6) is 0.297. The lowest BCUT2D eigenvalue weighted by atomic mass is 9.99. The summed E-state index contributed by atoms with van der Waals surface area (Å²) in [5.41, 5.74) is 8.72. The number of primary amides is 1. The molecule has 1 amide bonds. The molecule has 0 radical (unpaired) electrons. The molecule has 0 unspecified atom stereocenters. The molecule has 3 aromatic rings. The van der Waals surface area contributed by atoms with Gasteiger partial charge in [0.2, 0.25) is 5.91 Å². The molecule has 2 N–H and O–H groups in total. The average molecular weight is 376 g/mol. The lowest BCUT2D eigenvalue weighted by Gasteiger charge is -2.12. The van der Waals surface area contributed by atoms with Crippen LogP contribution in [0, 0.1) is 11.3 Å². The molecular formula is C20H16N4O2S. The summed E-state index contributed by atoms with van der Waals surface area (Å²) in [7, 11) is 1.60. The smallest absolute Gasteiger partial charge is 0.227 e. The number of nitriles is 1. The molecule has 6 nitrogen and oxygen atoms in total. The number of amides is 1. The molecule has 27 heavy (non-hydrogen) atoms. The average Bonchev–Trinajstić information content (AvgIpc) is 2.72. The fraction of sp³-hybridized carbons (Fsp3) is 0.100. The molecule has 134 valence electrons. The zero-order valence-corrected chi connectivity index (χ0v) is 15.4. The number of rotatable bonds is 6. The second-order valence-electron chi connectivity index (χ2n) is 5.57. The number of pyridine rings is 2. The van der Waals surface area contributed by atoms with Crippen molar-refractivity contribution in [3.8, 4) is 34.2 Å². The molecule has 0 atom stereocenters. The lowest BCUT2D eigenvalue weighted by molar-refractivity contribution is -0.115. The van der Waals surface area contributed by atoms with Gasteiger partial charge in [-0.15, -0.1) is 0 Å². The normalized spacial score (nSPS) is 10.2. The maximum Gasteiger partial charge on any atom is 0.227 e. The van der Waals surface area contributed by atoms with Crippen molar-refractivity contribution >= 4 is 17.7 Å². The molecule has 0 spiro atoms. The van der Waals surface area contributed by atoms with E-state index in [1.807, 2.05) is 42.5 Å². The van der Waals surface area contributed by atoms with E-state index in [2.05, 4.69) is 16.0 Å². The van der Waals surface area contributed by atoms with Crippen molar-refractivity contribution in [1.29, 1.82) is 5.26 Å². The van der Waals surface area contributed by atoms with Gasteiger partial charge in [-0.3, -0.25) is 9.78 Å². The number of thioether (sulfide) groups is 1. The Morgan fingerprint density at radius 3 is 2.63 bits per heavy atom. The van der Waals surface area contributed by atoms with E-state index in [0.29, 0.717) is 16.3 Å². The Morgan fingerprint density at radius 1 is 1.26 bits per heavy atom. The van der Waals surface area contributed by atoms with Crippen molar-refractivity contribution < 1.29 is 9.53 Å². The quantitative estimate of drug-likeness (QED) is 0.663. The van der Waals surface area contributed by atoms with Gasteiger partial charge < -0.3 is 10.5 Å². The van der Waals surface area contributed by atoms with Gasteiger partial charge in [0, 0.05) is 23.5 Å². The zero-order chi connectivity index (χ0) is 19.2. The van der Waals surface area contributed by atoms with Crippen LogP contribution in [-0.2, 0) is 4.79 Å². The third-order valence-corrected chi connectivity index (χ3v) is 4.81. The highest BCUT2D eigenvalue weighted by molar-refractivity contribution is 8.00. The van der Waals surface area contributed by atoms with Crippen LogP contribution in [0.2, 0.25) is 0 Å². The molecule has 3 rings (SSSR count). The van der Waals surface area contributed by atoms with E-state index in [4.69, 9.17) is 10.5 Å². The second-order valence-corrected chi connectivity index (χ2v) is 6.54. The van der Waals surface area contributed by atoms with Gasteiger partial charge in [0.1, 0.15) is 16.8 Å². The predicted molar refractivity (Wildman–Crippen MR) is 104 cm³/mol. The second kappa shape index (κ2) is 8.34. The molecule has 0 bridgehead atoms. The molecule has 0 saturated carbocycles. The number of hydrogen-bond acceptors (Lipinski definition) is 6. The number of aromatic nitrogens is 2. The van der Waals surface area contributed by atoms with Crippen molar-refractivity contribution in [1.82, 2.24) is 9.97 Å². The standard InChI is InChI=1S/C20H16N4O2S/c1-26-15-6-4-13(5-7-15)16-9-18(14-3-2-8-23-11-14)24-20(17(16)10-21)27-12-19(22)25/h2-9,11H,12H2,1H3,(H2,22,25). The molecule has 7 heteroatoms. The number of carbonyl (C=O) groups is 1. The molecule has 0 aliphatic rings. The summed E-state index contributed by atoms with van der Waals surface area (Å²) in [6.07, 6.45) is 3.38. The van der Waals surface area contributed by atoms with Crippen LogP contribution in [0.3, 0.4) is 0 Å². The van der Waals surface area contributed by atoms with Crippen molar-refractivity contribution in [2.75, 3.05) is 12.9 Å². The van der Waals surface area contributed by atoms with Crippen LogP contribution in [0.1, 0.15) is 5.56 Å². The first-order valence-corrected chi connectivity index (χ1v) is 9.02. The zero-order valence-electron chi connectivity index (χ0n) is 14.5. The first-order chi connectivity index (χ1) is 13.1. The highest BCUT2D eigenvalue weighted by Gasteiger charge is 2.16. The molecule has 0 saturated heterocycles. The topological polar surface area (TPSA) is 102 Å². The Hall–Kier alpha value is -3.37. The predicted octanol–water partition coefficient (Wildman–Crippen LogP) is 3.27. The van der Waals surface area contributed by atoms with Crippen LogP contribution in [0.25, 0.3) is 22.4 Å². The third-order valence-electron chi connectivity index (χ3n) is 3.81. The van der Waals surface area contributed by atoms with E-state index in [-0.39, 0.29) is 5.75 Å². The maximum atomic E-state index is 11.2. The molecule has 1 aromatic carbocycles. The lowest BCUT2D eigenvalue weighted by Crippen LogP contribution is -2.13. The van der Waals surface area contributed by atoms with Crippen LogP contribution >= 0.6 is 11.8 Å². The van der Waals surface area contributed by atoms with Crippen LogP contribution in [0.5, 0.6) is 5.75 Å². The monoisotopic (exact) mass is 376 g/mol. The van der Waals surface area contributed by atoms with Gasteiger partial charge in [-0.05, 0) is 35.9 Å². The number of ether oxygens (including phenoxy) is 1. The first-order valence-electron chi connectivity index (χ1n) is 8.03. The van der Waals surface area contributed by atoms with Gasteiger partial charge in [-0.25, -0.2) is 4.98 Å². The Morgan fingerprint density at radius 2 is 2.04 bits per heavy atom. The molecule has 2 aromatic heterocycles. The van der Waals surface area contributed by atoms with Gasteiger partial charge >= 0.3 is 0 Å². The molecule has 0 aliphatic carbocycles. The summed E-state index contributed by atoms with van der Waals surface area (Å²) in [6, 6.07) is 15.2. The van der Waals surface area contributed by atoms with E-state index in [9.17, 15) is 10.1 Å². The van der Waals surface area contributed by atoms with Gasteiger partial charge in [0.25, 0.3) is 0 Å². The minimum atomic E-state index is -0.469. The first kappa shape index (κ1) is 18.4. The minimum Gasteiger partial charge on any atom is -0.497 e. The number of hydrogen-bond donors (Lipinski definition) is 1. The van der Waals surface area contributed by atoms with Gasteiger partial charge in [-0.1, -0.05) is 23.9 Å². The third kappa shape index (κ3) is 4.25. The number of nitrogens with zero attached hydrogens (tertiary/aromatic N) is 3. The fourth-order valence-electron chi connectivity index (χ4n) is 2.53. The number of methoxy groups -OCH3 is 1. The molecular weight excluding hydrogens is 360 g/mol. The summed E-state index contributed by atoms with van der Waals surface area (Å²) in [6.45, 7) is 0. The largest absolute Gasteiger partial charge is 0.497 e. The Bertz CT molecular complexity index is 999. The highest BCUT2D eigenvalue weighted by atomic mass is 32.2. The van der Waals surface area contributed by atoms with Crippen LogP contribution < -0.4 is 10.5 Å². The van der Waals surface area contributed by atoms with Crippen LogP contribution in [0.15, 0.2) is 59.9 Å². The van der Waals surface area contributed by atoms with Crippen LogP contribution in [0.4, 0.5) is 0 Å². The number of carbonyl (C=O) groups excluding carboxylic acids is 1. The Labute approximate surface area is 161 Å². The fourth-order valence-corrected chi connectivity index (χ4v) is 3.28. The van der Waals surface area contributed by atoms with Crippen LogP contribution in [-0.4, -0.2) is 28.7 Å².